The zero-order valence-electron chi connectivity index (χ0n) is 17.4. The van der Waals surface area contributed by atoms with Crippen LogP contribution in [0.1, 0.15) is 54.6 Å². The lowest BCUT2D eigenvalue weighted by atomic mass is 9.91. The van der Waals surface area contributed by atoms with E-state index in [0.29, 0.717) is 5.82 Å². The number of carbonyl (C=O) groups is 2. The SMILES string of the molecule is CC(C)n1cncc1C1CC(=O)Nc2c1cnn2Cc1ccccc1C(F)(F)F.O=CO. The number of carboxylic acid groups (broad SMARTS) is 1. The number of nitrogens with one attached hydrogen (secondary N) is 1. The van der Waals surface area contributed by atoms with E-state index in [2.05, 4.69) is 15.4 Å². The van der Waals surface area contributed by atoms with E-state index in [1.807, 2.05) is 18.4 Å². The lowest BCUT2D eigenvalue weighted by Crippen LogP contribution is -2.26. The third-order valence-corrected chi connectivity index (χ3v) is 5.14. The van der Waals surface area contributed by atoms with Gasteiger partial charge in [-0.1, -0.05) is 18.2 Å². The molecular formula is C21H22F3N5O3. The minimum absolute atomic E-state index is 0.0921. The molecule has 2 N–H and O–H groups in total. The molecule has 0 radical (unpaired) electrons. The molecule has 1 aromatic carbocycles. The normalized spacial score (nSPS) is 15.6. The number of halogens is 3. The fourth-order valence-corrected chi connectivity index (χ4v) is 3.77. The zero-order chi connectivity index (χ0) is 23.5. The zero-order valence-corrected chi connectivity index (χ0v) is 17.4. The molecule has 2 aromatic heterocycles. The maximum Gasteiger partial charge on any atom is 0.416 e. The summed E-state index contributed by atoms with van der Waals surface area (Å²) in [4.78, 5) is 24.9. The first-order chi connectivity index (χ1) is 15.2. The second-order valence-electron chi connectivity index (χ2n) is 7.49. The summed E-state index contributed by atoms with van der Waals surface area (Å²) < 4.78 is 43.4. The van der Waals surface area contributed by atoms with Crippen LogP contribution in [0.5, 0.6) is 0 Å². The molecule has 170 valence electrons. The first kappa shape index (κ1) is 23.0. The number of rotatable bonds is 4. The molecule has 0 aliphatic carbocycles. The summed E-state index contributed by atoms with van der Waals surface area (Å²) in [5.74, 6) is -0.0279. The van der Waals surface area contributed by atoms with Gasteiger partial charge in [0.05, 0.1) is 24.6 Å². The number of nitrogens with zero attached hydrogens (tertiary/aromatic N) is 4. The van der Waals surface area contributed by atoms with E-state index in [4.69, 9.17) is 9.90 Å². The van der Waals surface area contributed by atoms with Crippen LogP contribution in [0.4, 0.5) is 19.0 Å². The van der Waals surface area contributed by atoms with Crippen molar-refractivity contribution in [3.05, 3.63) is 65.4 Å². The van der Waals surface area contributed by atoms with Gasteiger partial charge in [0.15, 0.2) is 0 Å². The van der Waals surface area contributed by atoms with Crippen LogP contribution >= 0.6 is 0 Å². The average Bonchev–Trinajstić information content (AvgIpc) is 3.35. The number of hydrogen-bond donors (Lipinski definition) is 2. The van der Waals surface area contributed by atoms with E-state index in [0.717, 1.165) is 17.3 Å². The number of anilines is 1. The Morgan fingerprint density at radius 1 is 1.28 bits per heavy atom. The minimum atomic E-state index is -4.46. The molecule has 3 aromatic rings. The van der Waals surface area contributed by atoms with Gasteiger partial charge < -0.3 is 15.0 Å². The van der Waals surface area contributed by atoms with E-state index >= 15 is 0 Å². The number of aromatic nitrogens is 4. The van der Waals surface area contributed by atoms with E-state index in [1.165, 1.54) is 16.8 Å². The van der Waals surface area contributed by atoms with Crippen LogP contribution in [0, 0.1) is 0 Å². The molecule has 0 saturated carbocycles. The van der Waals surface area contributed by atoms with Crippen LogP contribution in [0.3, 0.4) is 0 Å². The van der Waals surface area contributed by atoms with Gasteiger partial charge in [0.25, 0.3) is 6.47 Å². The monoisotopic (exact) mass is 449 g/mol. The van der Waals surface area contributed by atoms with Crippen molar-refractivity contribution < 1.29 is 27.9 Å². The second kappa shape index (κ2) is 9.25. The molecule has 1 aliphatic heterocycles. The van der Waals surface area contributed by atoms with Crippen LogP contribution in [0.2, 0.25) is 0 Å². The van der Waals surface area contributed by atoms with Gasteiger partial charge in [-0.15, -0.1) is 0 Å². The van der Waals surface area contributed by atoms with Gasteiger partial charge in [-0.3, -0.25) is 9.59 Å². The van der Waals surface area contributed by atoms with E-state index in [-0.39, 0.29) is 42.9 Å². The summed E-state index contributed by atoms with van der Waals surface area (Å²) >= 11 is 0. The summed E-state index contributed by atoms with van der Waals surface area (Å²) in [6, 6.07) is 5.55. The maximum absolute atomic E-state index is 13.3. The van der Waals surface area contributed by atoms with Crippen molar-refractivity contribution in [1.29, 1.82) is 0 Å². The van der Waals surface area contributed by atoms with Crippen molar-refractivity contribution in [3.8, 4) is 0 Å². The van der Waals surface area contributed by atoms with Gasteiger partial charge >= 0.3 is 6.18 Å². The second-order valence-corrected chi connectivity index (χ2v) is 7.49. The van der Waals surface area contributed by atoms with Crippen molar-refractivity contribution in [3.63, 3.8) is 0 Å². The molecule has 0 spiro atoms. The van der Waals surface area contributed by atoms with E-state index < -0.39 is 11.7 Å². The molecule has 4 rings (SSSR count). The first-order valence-corrected chi connectivity index (χ1v) is 9.77. The third kappa shape index (κ3) is 4.66. The Labute approximate surface area is 181 Å². The van der Waals surface area contributed by atoms with Crippen LogP contribution in [0.25, 0.3) is 0 Å². The summed E-state index contributed by atoms with van der Waals surface area (Å²) in [5.41, 5.74) is 1.04. The molecule has 0 bridgehead atoms. The summed E-state index contributed by atoms with van der Waals surface area (Å²) in [7, 11) is 0. The Balaban J connectivity index is 0.000000913. The van der Waals surface area contributed by atoms with Crippen molar-refractivity contribution in [1.82, 2.24) is 19.3 Å². The number of alkyl halides is 3. The predicted octanol–water partition coefficient (Wildman–Crippen LogP) is 3.90. The lowest BCUT2D eigenvalue weighted by molar-refractivity contribution is -0.138. The largest absolute Gasteiger partial charge is 0.483 e. The lowest BCUT2D eigenvalue weighted by Gasteiger charge is -2.25. The molecule has 1 aliphatic rings. The highest BCUT2D eigenvalue weighted by Crippen LogP contribution is 2.38. The molecule has 0 fully saturated rings. The number of amides is 1. The summed E-state index contributed by atoms with van der Waals surface area (Å²) in [6.07, 6.45) is 0.836. The minimum Gasteiger partial charge on any atom is -0.483 e. The first-order valence-electron chi connectivity index (χ1n) is 9.77. The van der Waals surface area contributed by atoms with Crippen molar-refractivity contribution >= 4 is 18.2 Å². The fraction of sp³-hybridized carbons (Fsp3) is 0.333. The topological polar surface area (TPSA) is 102 Å². The molecule has 0 saturated heterocycles. The molecule has 32 heavy (non-hydrogen) atoms. The van der Waals surface area contributed by atoms with E-state index in [1.54, 1.807) is 24.8 Å². The fourth-order valence-electron chi connectivity index (χ4n) is 3.77. The molecule has 1 amide bonds. The number of hydrogen-bond acceptors (Lipinski definition) is 4. The highest BCUT2D eigenvalue weighted by atomic mass is 19.4. The molecule has 1 unspecified atom stereocenters. The van der Waals surface area contributed by atoms with Crippen LogP contribution in [-0.2, 0) is 22.3 Å². The Kier molecular flexibility index (Phi) is 6.66. The van der Waals surface area contributed by atoms with Crippen molar-refractivity contribution in [2.45, 2.75) is 44.9 Å². The third-order valence-electron chi connectivity index (χ3n) is 5.14. The summed E-state index contributed by atoms with van der Waals surface area (Å²) in [6.45, 7) is 3.69. The molecule has 8 nitrogen and oxygen atoms in total. The van der Waals surface area contributed by atoms with Crippen molar-refractivity contribution in [2.75, 3.05) is 5.32 Å². The number of benzene rings is 1. The summed E-state index contributed by atoms with van der Waals surface area (Å²) in [5, 5.41) is 14.0. The number of carbonyl (C=O) groups excluding carboxylic acids is 1. The molecule has 3 heterocycles. The standard InChI is InChI=1S/C20H20F3N5O.CH2O2/c1-12(2)27-11-24-9-17(27)14-7-18(29)26-19-15(14)8-25-28(19)10-13-5-3-4-6-16(13)20(21,22)23;2-1-3/h3-6,8-9,11-12,14H,7,10H2,1-2H3,(H,26,29);1H,(H,2,3). The van der Waals surface area contributed by atoms with Gasteiger partial charge in [0, 0.05) is 35.8 Å². The average molecular weight is 449 g/mol. The smallest absolute Gasteiger partial charge is 0.416 e. The highest BCUT2D eigenvalue weighted by Gasteiger charge is 2.35. The number of fused-ring (bicyclic) bond motifs is 1. The van der Waals surface area contributed by atoms with Gasteiger partial charge in [-0.05, 0) is 25.5 Å². The van der Waals surface area contributed by atoms with Crippen LogP contribution in [-0.4, -0.2) is 36.8 Å². The highest BCUT2D eigenvalue weighted by molar-refractivity contribution is 5.94. The van der Waals surface area contributed by atoms with Gasteiger partial charge in [0.1, 0.15) is 5.82 Å². The van der Waals surface area contributed by atoms with Crippen LogP contribution < -0.4 is 5.32 Å². The van der Waals surface area contributed by atoms with Crippen molar-refractivity contribution in [2.24, 2.45) is 0 Å². The maximum atomic E-state index is 13.3. The predicted molar refractivity (Wildman–Crippen MR) is 109 cm³/mol. The molecular weight excluding hydrogens is 427 g/mol. The Morgan fingerprint density at radius 3 is 2.62 bits per heavy atom. The number of imidazole rings is 1. The molecule has 11 heteroatoms. The Hall–Kier alpha value is -3.63. The Bertz CT molecular complexity index is 1100. The quantitative estimate of drug-likeness (QED) is 0.588. The Morgan fingerprint density at radius 2 is 1.97 bits per heavy atom. The van der Waals surface area contributed by atoms with E-state index in [9.17, 15) is 18.0 Å². The van der Waals surface area contributed by atoms with Crippen LogP contribution in [0.15, 0.2) is 43.0 Å². The van der Waals surface area contributed by atoms with Gasteiger partial charge in [0.2, 0.25) is 5.91 Å². The molecule has 1 atom stereocenters. The van der Waals surface area contributed by atoms with Gasteiger partial charge in [-0.2, -0.15) is 18.3 Å². The van der Waals surface area contributed by atoms with Gasteiger partial charge in [-0.25, -0.2) is 9.67 Å².